The fourth-order valence-corrected chi connectivity index (χ4v) is 3.61. The number of hydrogen-bond donors (Lipinski definition) is 0. The van der Waals surface area contributed by atoms with E-state index in [4.69, 9.17) is 14.7 Å². The molecule has 0 N–H and O–H groups in total. The second kappa shape index (κ2) is 7.69. The summed E-state index contributed by atoms with van der Waals surface area (Å²) in [4.78, 5) is 11.9. The normalized spacial score (nSPS) is 12.6. The number of hydrogen-bond acceptors (Lipinski definition) is 4. The maximum atomic E-state index is 5.35. The molecule has 0 aliphatic rings. The van der Waals surface area contributed by atoms with Gasteiger partial charge in [-0.05, 0) is 56.5 Å². The van der Waals surface area contributed by atoms with E-state index < -0.39 is 0 Å². The van der Waals surface area contributed by atoms with Crippen molar-refractivity contribution < 1.29 is 4.74 Å². The first-order valence-corrected chi connectivity index (χ1v) is 9.52. The van der Waals surface area contributed by atoms with Gasteiger partial charge in [0.25, 0.3) is 0 Å². The van der Waals surface area contributed by atoms with Crippen LogP contribution in [0.4, 0.5) is 5.82 Å². The smallest absolute Gasteiger partial charge is 0.128 e. The Hall–Kier alpha value is -2.40. The summed E-state index contributed by atoms with van der Waals surface area (Å²) in [6.45, 7) is 9.26. The Morgan fingerprint density at radius 1 is 1.15 bits per heavy atom. The fraction of sp³-hybridized carbons (Fsp3) is 0.455. The fourth-order valence-electron chi connectivity index (χ4n) is 3.61. The largest absolute Gasteiger partial charge is 0.383 e. The number of ether oxygens (including phenoxy) is 1. The molecule has 3 heterocycles. The van der Waals surface area contributed by atoms with Gasteiger partial charge in [-0.3, -0.25) is 0 Å². The zero-order chi connectivity index (χ0) is 19.7. The maximum absolute atomic E-state index is 5.35. The lowest BCUT2D eigenvalue weighted by Crippen LogP contribution is -2.12. The highest BCUT2D eigenvalue weighted by atomic mass is 16.5. The molecule has 0 spiro atoms. The third kappa shape index (κ3) is 3.56. The molecule has 3 aromatic heterocycles. The zero-order valence-electron chi connectivity index (χ0n) is 17.5. The van der Waals surface area contributed by atoms with Gasteiger partial charge in [0, 0.05) is 33.0 Å². The molecular weight excluding hydrogens is 336 g/mol. The SMILES string of the molecule is CCc1nc(N(C)C)ccc1-c1nc2c(C)cn(C(C)COC)c2cc1C. The number of aryl methyl sites for hydroxylation is 3. The van der Waals surface area contributed by atoms with Crippen LogP contribution in [-0.2, 0) is 11.2 Å². The van der Waals surface area contributed by atoms with E-state index in [0.717, 1.165) is 40.2 Å². The quantitative estimate of drug-likeness (QED) is 0.642. The molecule has 3 rings (SSSR count). The highest BCUT2D eigenvalue weighted by Crippen LogP contribution is 2.31. The number of methoxy groups -OCH3 is 1. The first kappa shape index (κ1) is 19.4. The van der Waals surface area contributed by atoms with Gasteiger partial charge in [-0.1, -0.05) is 6.92 Å². The number of rotatable bonds is 6. The second-order valence-corrected chi connectivity index (χ2v) is 7.46. The molecule has 3 aromatic rings. The van der Waals surface area contributed by atoms with Gasteiger partial charge in [-0.15, -0.1) is 0 Å². The van der Waals surface area contributed by atoms with Gasteiger partial charge in [-0.2, -0.15) is 0 Å². The maximum Gasteiger partial charge on any atom is 0.128 e. The average molecular weight is 367 g/mol. The molecule has 144 valence electrons. The molecular formula is C22H30N4O. The third-order valence-electron chi connectivity index (χ3n) is 5.07. The third-order valence-corrected chi connectivity index (χ3v) is 5.07. The monoisotopic (exact) mass is 366 g/mol. The van der Waals surface area contributed by atoms with Gasteiger partial charge in [0.05, 0.1) is 35.1 Å². The van der Waals surface area contributed by atoms with E-state index in [9.17, 15) is 0 Å². The van der Waals surface area contributed by atoms with Crippen LogP contribution in [0.2, 0.25) is 0 Å². The predicted octanol–water partition coefficient (Wildman–Crippen LogP) is 4.55. The minimum Gasteiger partial charge on any atom is -0.383 e. The molecule has 5 heteroatoms. The van der Waals surface area contributed by atoms with E-state index in [0.29, 0.717) is 6.61 Å². The van der Waals surface area contributed by atoms with Gasteiger partial charge in [-0.25, -0.2) is 9.97 Å². The van der Waals surface area contributed by atoms with Crippen molar-refractivity contribution in [2.75, 3.05) is 32.7 Å². The van der Waals surface area contributed by atoms with Crippen molar-refractivity contribution in [2.45, 2.75) is 40.2 Å². The van der Waals surface area contributed by atoms with E-state index in [-0.39, 0.29) is 6.04 Å². The van der Waals surface area contributed by atoms with Crippen LogP contribution in [0.15, 0.2) is 24.4 Å². The Morgan fingerprint density at radius 2 is 1.89 bits per heavy atom. The van der Waals surface area contributed by atoms with Gasteiger partial charge in [0.1, 0.15) is 5.82 Å². The number of fused-ring (bicyclic) bond motifs is 1. The summed E-state index contributed by atoms with van der Waals surface area (Å²) in [5.41, 5.74) is 7.80. The van der Waals surface area contributed by atoms with Gasteiger partial charge >= 0.3 is 0 Å². The van der Waals surface area contributed by atoms with Crippen molar-refractivity contribution in [1.82, 2.24) is 14.5 Å². The van der Waals surface area contributed by atoms with Crippen molar-refractivity contribution in [2.24, 2.45) is 0 Å². The Balaban J connectivity index is 2.17. The molecule has 0 saturated carbocycles. The zero-order valence-corrected chi connectivity index (χ0v) is 17.5. The highest BCUT2D eigenvalue weighted by Gasteiger charge is 2.17. The lowest BCUT2D eigenvalue weighted by atomic mass is 10.0. The van der Waals surface area contributed by atoms with E-state index in [1.165, 1.54) is 11.1 Å². The molecule has 0 amide bonds. The Labute approximate surface area is 162 Å². The Kier molecular flexibility index (Phi) is 5.51. The lowest BCUT2D eigenvalue weighted by Gasteiger charge is -2.17. The lowest BCUT2D eigenvalue weighted by molar-refractivity contribution is 0.164. The van der Waals surface area contributed by atoms with Gasteiger partial charge < -0.3 is 14.2 Å². The van der Waals surface area contributed by atoms with Crippen LogP contribution in [0, 0.1) is 13.8 Å². The Bertz CT molecular complexity index is 959. The van der Waals surface area contributed by atoms with Crippen LogP contribution < -0.4 is 4.90 Å². The summed E-state index contributed by atoms with van der Waals surface area (Å²) in [7, 11) is 5.78. The first-order chi connectivity index (χ1) is 12.9. The van der Waals surface area contributed by atoms with Gasteiger partial charge in [0.2, 0.25) is 0 Å². The van der Waals surface area contributed by atoms with Crippen LogP contribution in [-0.4, -0.2) is 42.3 Å². The van der Waals surface area contributed by atoms with Crippen molar-refractivity contribution >= 4 is 16.9 Å². The predicted molar refractivity (Wildman–Crippen MR) is 113 cm³/mol. The highest BCUT2D eigenvalue weighted by molar-refractivity contribution is 5.84. The molecule has 0 radical (unpaired) electrons. The summed E-state index contributed by atoms with van der Waals surface area (Å²) in [5, 5.41) is 0. The molecule has 1 atom stereocenters. The van der Waals surface area contributed by atoms with Gasteiger partial charge in [0.15, 0.2) is 0 Å². The van der Waals surface area contributed by atoms with E-state index in [1.807, 2.05) is 19.0 Å². The van der Waals surface area contributed by atoms with E-state index in [2.05, 4.69) is 56.7 Å². The minimum absolute atomic E-state index is 0.269. The van der Waals surface area contributed by atoms with Crippen LogP contribution in [0.3, 0.4) is 0 Å². The number of anilines is 1. The first-order valence-electron chi connectivity index (χ1n) is 9.52. The van der Waals surface area contributed by atoms with Crippen LogP contribution in [0.25, 0.3) is 22.3 Å². The number of nitrogens with zero attached hydrogens (tertiary/aromatic N) is 4. The summed E-state index contributed by atoms with van der Waals surface area (Å²) >= 11 is 0. The molecule has 5 nitrogen and oxygen atoms in total. The van der Waals surface area contributed by atoms with Crippen molar-refractivity contribution in [3.05, 3.63) is 41.2 Å². The second-order valence-electron chi connectivity index (χ2n) is 7.46. The molecule has 1 unspecified atom stereocenters. The number of pyridine rings is 2. The molecule has 0 aliphatic carbocycles. The Morgan fingerprint density at radius 3 is 2.52 bits per heavy atom. The summed E-state index contributed by atoms with van der Waals surface area (Å²) < 4.78 is 7.62. The van der Waals surface area contributed by atoms with Crippen molar-refractivity contribution in [3.8, 4) is 11.3 Å². The van der Waals surface area contributed by atoms with Crippen molar-refractivity contribution in [3.63, 3.8) is 0 Å². The van der Waals surface area contributed by atoms with Crippen LogP contribution in [0.5, 0.6) is 0 Å². The van der Waals surface area contributed by atoms with Crippen molar-refractivity contribution in [1.29, 1.82) is 0 Å². The van der Waals surface area contributed by atoms with E-state index in [1.54, 1.807) is 7.11 Å². The molecule has 0 aromatic carbocycles. The summed E-state index contributed by atoms with van der Waals surface area (Å²) in [6.07, 6.45) is 3.06. The number of aromatic nitrogens is 3. The standard InChI is InChI=1S/C22H30N4O/c1-8-18-17(9-10-20(23-18)25(5)6)21-14(2)11-19-22(24-21)15(3)12-26(19)16(4)13-27-7/h9-12,16H,8,13H2,1-7H3. The molecule has 0 saturated heterocycles. The topological polar surface area (TPSA) is 43.2 Å². The summed E-state index contributed by atoms with van der Waals surface area (Å²) in [6, 6.07) is 6.74. The minimum atomic E-state index is 0.269. The average Bonchev–Trinajstić information content (AvgIpc) is 2.96. The van der Waals surface area contributed by atoms with Crippen LogP contribution >= 0.6 is 0 Å². The van der Waals surface area contributed by atoms with Crippen LogP contribution in [0.1, 0.15) is 36.7 Å². The summed E-state index contributed by atoms with van der Waals surface area (Å²) in [5.74, 6) is 0.977. The molecule has 27 heavy (non-hydrogen) atoms. The van der Waals surface area contributed by atoms with E-state index >= 15 is 0 Å². The molecule has 0 fully saturated rings. The molecule has 0 aliphatic heterocycles. The molecule has 0 bridgehead atoms.